The molecule has 0 aliphatic rings. The summed E-state index contributed by atoms with van der Waals surface area (Å²) >= 11 is 0. The summed E-state index contributed by atoms with van der Waals surface area (Å²) in [6.07, 6.45) is -2.84. The van der Waals surface area contributed by atoms with Crippen molar-refractivity contribution in [1.82, 2.24) is 0 Å². The molecule has 0 aliphatic heterocycles. The van der Waals surface area contributed by atoms with E-state index in [0.29, 0.717) is 12.4 Å². The Balaban J connectivity index is 2.02. The number of hydrogen-bond donors (Lipinski definition) is 0. The van der Waals surface area contributed by atoms with Gasteiger partial charge in [0.25, 0.3) is 0 Å². The lowest BCUT2D eigenvalue weighted by molar-refractivity contribution is -0.137. The van der Waals surface area contributed by atoms with Gasteiger partial charge in [-0.05, 0) is 48.5 Å². The van der Waals surface area contributed by atoms with Crippen LogP contribution >= 0.6 is 0 Å². The molecule has 3 nitrogen and oxygen atoms in total. The first-order valence-electron chi connectivity index (χ1n) is 6.63. The number of benzene rings is 2. The second kappa shape index (κ2) is 7.00. The Bertz CT molecular complexity index is 674. The summed E-state index contributed by atoms with van der Waals surface area (Å²) in [7, 11) is 0. The molecule has 2 rings (SSSR count). The van der Waals surface area contributed by atoms with Gasteiger partial charge in [0.2, 0.25) is 0 Å². The summed E-state index contributed by atoms with van der Waals surface area (Å²) in [6, 6.07) is 10.1. The van der Waals surface area contributed by atoms with Crippen LogP contribution in [0.15, 0.2) is 61.2 Å². The van der Waals surface area contributed by atoms with Gasteiger partial charge in [0, 0.05) is 0 Å². The monoisotopic (exact) mass is 322 g/mol. The van der Waals surface area contributed by atoms with Crippen LogP contribution in [0.3, 0.4) is 0 Å². The van der Waals surface area contributed by atoms with Crippen molar-refractivity contribution in [2.75, 3.05) is 6.61 Å². The van der Waals surface area contributed by atoms with E-state index in [4.69, 9.17) is 9.47 Å². The lowest BCUT2D eigenvalue weighted by Gasteiger charge is -2.08. The quantitative estimate of drug-likeness (QED) is 0.462. The average molecular weight is 322 g/mol. The zero-order chi connectivity index (χ0) is 16.9. The summed E-state index contributed by atoms with van der Waals surface area (Å²) in [6.45, 7) is 3.86. The zero-order valence-electron chi connectivity index (χ0n) is 12.0. The molecule has 2 aromatic carbocycles. The molecule has 2 aromatic rings. The van der Waals surface area contributed by atoms with Crippen LogP contribution in [-0.2, 0) is 6.18 Å². The van der Waals surface area contributed by atoms with Crippen molar-refractivity contribution in [3.63, 3.8) is 0 Å². The van der Waals surface area contributed by atoms with Crippen LogP contribution in [0.2, 0.25) is 0 Å². The third-order valence-electron chi connectivity index (χ3n) is 2.85. The van der Waals surface area contributed by atoms with Gasteiger partial charge in [-0.25, -0.2) is 4.79 Å². The minimum absolute atomic E-state index is 0.0370. The van der Waals surface area contributed by atoms with E-state index in [9.17, 15) is 18.0 Å². The van der Waals surface area contributed by atoms with E-state index in [1.807, 2.05) is 0 Å². The molecule has 0 bridgehead atoms. The van der Waals surface area contributed by atoms with E-state index in [1.54, 1.807) is 18.2 Å². The van der Waals surface area contributed by atoms with Crippen molar-refractivity contribution in [3.05, 3.63) is 72.3 Å². The molecule has 0 heterocycles. The molecule has 0 unspecified atom stereocenters. The fraction of sp³-hybridized carbons (Fsp3) is 0.118. The minimum atomic E-state index is -4.43. The molecule has 0 saturated carbocycles. The highest BCUT2D eigenvalue weighted by atomic mass is 19.4. The molecule has 0 saturated heterocycles. The highest BCUT2D eigenvalue weighted by molar-refractivity contribution is 5.91. The first-order chi connectivity index (χ1) is 10.9. The Kier molecular flexibility index (Phi) is 5.05. The zero-order valence-corrected chi connectivity index (χ0v) is 12.0. The molecule has 0 atom stereocenters. The fourth-order valence-corrected chi connectivity index (χ4v) is 1.72. The van der Waals surface area contributed by atoms with Crippen LogP contribution in [0.4, 0.5) is 13.2 Å². The summed E-state index contributed by atoms with van der Waals surface area (Å²) < 4.78 is 47.6. The van der Waals surface area contributed by atoms with E-state index >= 15 is 0 Å². The number of esters is 1. The van der Waals surface area contributed by atoms with Gasteiger partial charge in [-0.15, -0.1) is 0 Å². The van der Waals surface area contributed by atoms with Crippen molar-refractivity contribution >= 4 is 5.97 Å². The van der Waals surface area contributed by atoms with E-state index in [1.165, 1.54) is 12.1 Å². The van der Waals surface area contributed by atoms with Gasteiger partial charge in [0.15, 0.2) is 0 Å². The number of hydrogen-bond acceptors (Lipinski definition) is 3. The van der Waals surface area contributed by atoms with Crippen LogP contribution < -0.4 is 9.47 Å². The van der Waals surface area contributed by atoms with Crippen LogP contribution in [-0.4, -0.2) is 12.6 Å². The highest BCUT2D eigenvalue weighted by Crippen LogP contribution is 2.30. The Labute approximate surface area is 131 Å². The van der Waals surface area contributed by atoms with E-state index < -0.39 is 17.7 Å². The van der Waals surface area contributed by atoms with Crippen molar-refractivity contribution in [2.24, 2.45) is 0 Å². The maximum atomic E-state index is 12.4. The summed E-state index contributed by atoms with van der Waals surface area (Å²) in [4.78, 5) is 11.9. The van der Waals surface area contributed by atoms with Gasteiger partial charge >= 0.3 is 12.1 Å². The van der Waals surface area contributed by atoms with E-state index in [-0.39, 0.29) is 11.3 Å². The average Bonchev–Trinajstić information content (AvgIpc) is 2.53. The molecule has 0 radical (unpaired) electrons. The maximum Gasteiger partial charge on any atom is 0.416 e. The molecule has 6 heteroatoms. The summed E-state index contributed by atoms with van der Waals surface area (Å²) in [5.41, 5.74) is -0.545. The number of rotatable bonds is 5. The Hall–Kier alpha value is -2.76. The molecule has 0 N–H and O–H groups in total. The fourth-order valence-electron chi connectivity index (χ4n) is 1.72. The standard InChI is InChI=1S/C17H13F3O3/c1-2-11-22-14-7-3-12(4-8-14)16(21)23-15-9-5-13(6-10-15)17(18,19)20/h2-10H,1,11H2. The van der Waals surface area contributed by atoms with Gasteiger partial charge in [0.1, 0.15) is 18.1 Å². The third kappa shape index (κ3) is 4.60. The molecular weight excluding hydrogens is 309 g/mol. The predicted molar refractivity (Wildman–Crippen MR) is 78.5 cm³/mol. The lowest BCUT2D eigenvalue weighted by atomic mass is 10.2. The smallest absolute Gasteiger partial charge is 0.416 e. The van der Waals surface area contributed by atoms with Gasteiger partial charge in [-0.1, -0.05) is 12.7 Å². The van der Waals surface area contributed by atoms with E-state index in [2.05, 4.69) is 6.58 Å². The van der Waals surface area contributed by atoms with Crippen molar-refractivity contribution < 1.29 is 27.4 Å². The van der Waals surface area contributed by atoms with Gasteiger partial charge in [-0.2, -0.15) is 13.2 Å². The normalized spacial score (nSPS) is 10.9. The number of carbonyl (C=O) groups is 1. The molecule has 0 fully saturated rings. The Morgan fingerprint density at radius 3 is 2.09 bits per heavy atom. The van der Waals surface area contributed by atoms with Crippen LogP contribution in [0, 0.1) is 0 Å². The first kappa shape index (κ1) is 16.6. The van der Waals surface area contributed by atoms with Crippen LogP contribution in [0.25, 0.3) is 0 Å². The topological polar surface area (TPSA) is 35.5 Å². The number of ether oxygens (including phenoxy) is 2. The lowest BCUT2D eigenvalue weighted by Crippen LogP contribution is -2.09. The third-order valence-corrected chi connectivity index (χ3v) is 2.85. The summed E-state index contributed by atoms with van der Waals surface area (Å²) in [5.74, 6) is -0.0639. The predicted octanol–water partition coefficient (Wildman–Crippen LogP) is 4.49. The van der Waals surface area contributed by atoms with Crippen molar-refractivity contribution in [2.45, 2.75) is 6.18 Å². The number of alkyl halides is 3. The van der Waals surface area contributed by atoms with Crippen molar-refractivity contribution in [3.8, 4) is 11.5 Å². The van der Waals surface area contributed by atoms with Crippen molar-refractivity contribution in [1.29, 1.82) is 0 Å². The molecule has 120 valence electrons. The Morgan fingerprint density at radius 2 is 1.57 bits per heavy atom. The second-order valence-corrected chi connectivity index (χ2v) is 4.54. The number of carbonyl (C=O) groups excluding carboxylic acids is 1. The summed E-state index contributed by atoms with van der Waals surface area (Å²) in [5, 5.41) is 0. The first-order valence-corrected chi connectivity index (χ1v) is 6.63. The molecule has 0 aromatic heterocycles. The van der Waals surface area contributed by atoms with Crippen LogP contribution in [0.5, 0.6) is 11.5 Å². The van der Waals surface area contributed by atoms with Gasteiger partial charge in [-0.3, -0.25) is 0 Å². The second-order valence-electron chi connectivity index (χ2n) is 4.54. The van der Waals surface area contributed by atoms with E-state index in [0.717, 1.165) is 24.3 Å². The van der Waals surface area contributed by atoms with Gasteiger partial charge < -0.3 is 9.47 Å². The molecule has 23 heavy (non-hydrogen) atoms. The van der Waals surface area contributed by atoms with Crippen LogP contribution in [0.1, 0.15) is 15.9 Å². The Morgan fingerprint density at radius 1 is 1.00 bits per heavy atom. The molecule has 0 amide bonds. The largest absolute Gasteiger partial charge is 0.490 e. The van der Waals surface area contributed by atoms with Gasteiger partial charge in [0.05, 0.1) is 11.1 Å². The minimum Gasteiger partial charge on any atom is -0.490 e. The SMILES string of the molecule is C=CCOc1ccc(C(=O)Oc2ccc(C(F)(F)F)cc2)cc1. The molecule has 0 spiro atoms. The molecule has 0 aliphatic carbocycles. The highest BCUT2D eigenvalue weighted by Gasteiger charge is 2.30. The molecular formula is C17H13F3O3. The number of halogens is 3. The maximum absolute atomic E-state index is 12.4.